The highest BCUT2D eigenvalue weighted by atomic mass is 32.2. The molecule has 2 aromatic carbocycles. The maximum Gasteiger partial charge on any atom is 0.263 e. The van der Waals surface area contributed by atoms with E-state index < -0.39 is 39.3 Å². The quantitative estimate of drug-likeness (QED) is 0.484. The molecule has 1 fully saturated rings. The molecule has 0 radical (unpaired) electrons. The first-order chi connectivity index (χ1) is 16.2. The van der Waals surface area contributed by atoms with Crippen molar-refractivity contribution in [3.8, 4) is 11.6 Å². The van der Waals surface area contributed by atoms with Crippen LogP contribution in [0.1, 0.15) is 30.4 Å². The summed E-state index contributed by atoms with van der Waals surface area (Å²) in [6.45, 7) is 0. The highest BCUT2D eigenvalue weighted by molar-refractivity contribution is 7.92. The van der Waals surface area contributed by atoms with E-state index in [0.717, 1.165) is 12.1 Å². The number of rotatable bonds is 8. The molecule has 1 aliphatic rings. The maximum absolute atomic E-state index is 13.2. The normalized spacial score (nSPS) is 17.9. The molecule has 3 aromatic rings. The van der Waals surface area contributed by atoms with Crippen molar-refractivity contribution in [2.75, 3.05) is 7.11 Å². The lowest BCUT2D eigenvalue weighted by atomic mass is 9.92. The van der Waals surface area contributed by atoms with Gasteiger partial charge in [0.05, 0.1) is 29.4 Å². The van der Waals surface area contributed by atoms with E-state index in [1.54, 1.807) is 6.20 Å². The van der Waals surface area contributed by atoms with Gasteiger partial charge < -0.3 is 10.1 Å². The smallest absolute Gasteiger partial charge is 0.263 e. The van der Waals surface area contributed by atoms with Crippen molar-refractivity contribution in [3.05, 3.63) is 71.7 Å². The van der Waals surface area contributed by atoms with E-state index >= 15 is 0 Å². The van der Waals surface area contributed by atoms with Crippen molar-refractivity contribution in [3.63, 3.8) is 0 Å². The molecule has 0 spiro atoms. The van der Waals surface area contributed by atoms with Crippen LogP contribution in [0.25, 0.3) is 5.69 Å². The van der Waals surface area contributed by atoms with Crippen molar-refractivity contribution in [1.82, 2.24) is 15.1 Å². The molecule has 1 N–H and O–H groups in total. The topological polar surface area (TPSA) is 90.3 Å². The Morgan fingerprint density at radius 3 is 2.38 bits per heavy atom. The molecule has 0 bridgehead atoms. The zero-order valence-electron chi connectivity index (χ0n) is 18.1. The molecule has 11 heteroatoms. The summed E-state index contributed by atoms with van der Waals surface area (Å²) in [5.74, 6) is -0.746. The Labute approximate surface area is 194 Å². The number of nitrogens with zero attached hydrogens (tertiary/aromatic N) is 2. The number of hydrogen-bond donors (Lipinski definition) is 1. The van der Waals surface area contributed by atoms with Crippen LogP contribution < -0.4 is 10.1 Å². The Kier molecular flexibility index (Phi) is 6.65. The third-order valence-electron chi connectivity index (χ3n) is 5.80. The molecular weight excluding hydrogens is 471 g/mol. The van der Waals surface area contributed by atoms with Crippen molar-refractivity contribution >= 4 is 15.7 Å². The number of carbonyl (C=O) groups excluding carboxylic acids is 1. The second-order valence-electron chi connectivity index (χ2n) is 7.97. The summed E-state index contributed by atoms with van der Waals surface area (Å²) in [5, 5.41) is 6.20. The van der Waals surface area contributed by atoms with Crippen LogP contribution in [0.4, 0.5) is 13.2 Å². The Morgan fingerprint density at radius 1 is 1.15 bits per heavy atom. The van der Waals surface area contributed by atoms with E-state index in [9.17, 15) is 26.4 Å². The van der Waals surface area contributed by atoms with Crippen molar-refractivity contribution in [2.45, 2.75) is 41.9 Å². The van der Waals surface area contributed by atoms with Crippen LogP contribution in [0.15, 0.2) is 59.6 Å². The zero-order chi connectivity index (χ0) is 24.5. The van der Waals surface area contributed by atoms with Gasteiger partial charge in [-0.2, -0.15) is 0 Å². The van der Waals surface area contributed by atoms with Crippen molar-refractivity contribution in [1.29, 1.82) is 0 Å². The predicted octanol–water partition coefficient (Wildman–Crippen LogP) is 3.62. The van der Waals surface area contributed by atoms with Gasteiger partial charge in [0.2, 0.25) is 11.8 Å². The number of carbonyl (C=O) groups is 1. The van der Waals surface area contributed by atoms with Gasteiger partial charge in [-0.15, -0.1) is 5.10 Å². The number of aromatic nitrogens is 2. The fourth-order valence-corrected chi connectivity index (χ4v) is 5.78. The summed E-state index contributed by atoms with van der Waals surface area (Å²) >= 11 is 0. The van der Waals surface area contributed by atoms with Crippen LogP contribution in [0.2, 0.25) is 0 Å². The van der Waals surface area contributed by atoms with Gasteiger partial charge in [0.15, 0.2) is 9.84 Å². The molecular formula is C23H22F3N3O4S. The Bertz CT molecular complexity index is 1280. The fourth-order valence-electron chi connectivity index (χ4n) is 3.83. The van der Waals surface area contributed by atoms with Crippen LogP contribution in [0.5, 0.6) is 5.88 Å². The molecule has 1 aromatic heterocycles. The standard InChI is InChI=1S/C23H22F3N3O4S/c1-33-23-15(13-29(28-23)17-6-2-14(3-7-17)22(25)26)12-21(30)27-19-10-11-20(19)34(31,32)18-8-4-16(24)5-9-18/h2-9,13,19-20,22H,10-12H2,1H3,(H,27,30)/t19-,20+/m1/s1. The highest BCUT2D eigenvalue weighted by Crippen LogP contribution is 2.32. The zero-order valence-corrected chi connectivity index (χ0v) is 18.9. The monoisotopic (exact) mass is 493 g/mol. The van der Waals surface area contributed by atoms with Gasteiger partial charge in [0.1, 0.15) is 5.82 Å². The van der Waals surface area contributed by atoms with Gasteiger partial charge >= 0.3 is 0 Å². The minimum Gasteiger partial charge on any atom is -0.480 e. The second-order valence-corrected chi connectivity index (χ2v) is 10.1. The molecule has 1 amide bonds. The minimum atomic E-state index is -3.72. The second kappa shape index (κ2) is 9.49. The van der Waals surface area contributed by atoms with Gasteiger partial charge in [0.25, 0.3) is 6.43 Å². The van der Waals surface area contributed by atoms with Gasteiger partial charge in [-0.25, -0.2) is 26.3 Å². The number of sulfone groups is 1. The fraction of sp³-hybridized carbons (Fsp3) is 0.304. The first kappa shape index (κ1) is 23.8. The number of hydrogen-bond acceptors (Lipinski definition) is 5. The summed E-state index contributed by atoms with van der Waals surface area (Å²) in [6, 6.07) is 9.59. The van der Waals surface area contributed by atoms with Gasteiger partial charge in [-0.1, -0.05) is 12.1 Å². The molecule has 0 unspecified atom stereocenters. The van der Waals surface area contributed by atoms with Gasteiger partial charge in [0, 0.05) is 23.4 Å². The number of methoxy groups -OCH3 is 1. The van der Waals surface area contributed by atoms with Gasteiger partial charge in [-0.3, -0.25) is 4.79 Å². The molecule has 4 rings (SSSR count). The molecule has 1 heterocycles. The third-order valence-corrected chi connectivity index (χ3v) is 8.09. The molecule has 0 aliphatic heterocycles. The Morgan fingerprint density at radius 2 is 1.82 bits per heavy atom. The van der Waals surface area contributed by atoms with E-state index in [2.05, 4.69) is 10.4 Å². The lowest BCUT2D eigenvalue weighted by Gasteiger charge is -2.36. The minimum absolute atomic E-state index is 0.0126. The number of halogens is 3. The summed E-state index contributed by atoms with van der Waals surface area (Å²) < 4.78 is 71.1. The molecule has 7 nitrogen and oxygen atoms in total. The number of ether oxygens (including phenoxy) is 1. The van der Waals surface area contributed by atoms with E-state index in [-0.39, 0.29) is 22.8 Å². The predicted molar refractivity (Wildman–Crippen MR) is 117 cm³/mol. The first-order valence-electron chi connectivity index (χ1n) is 10.5. The molecule has 180 valence electrons. The molecule has 2 atom stereocenters. The Hall–Kier alpha value is -3.34. The number of alkyl halides is 2. The van der Waals surface area contributed by atoms with E-state index in [0.29, 0.717) is 24.1 Å². The number of benzene rings is 2. The van der Waals surface area contributed by atoms with E-state index in [1.807, 2.05) is 0 Å². The lowest BCUT2D eigenvalue weighted by Crippen LogP contribution is -2.54. The third kappa shape index (κ3) is 4.79. The van der Waals surface area contributed by atoms with Crippen LogP contribution in [-0.4, -0.2) is 42.5 Å². The van der Waals surface area contributed by atoms with E-state index in [4.69, 9.17) is 4.74 Å². The molecule has 1 aliphatic carbocycles. The molecule has 1 saturated carbocycles. The summed E-state index contributed by atoms with van der Waals surface area (Å²) in [7, 11) is -2.32. The SMILES string of the molecule is COc1nn(-c2ccc(C(F)F)cc2)cc1CC(=O)N[C@@H]1CC[C@@H]1S(=O)(=O)c1ccc(F)cc1. The molecule has 0 saturated heterocycles. The highest BCUT2D eigenvalue weighted by Gasteiger charge is 2.42. The molecule has 34 heavy (non-hydrogen) atoms. The number of nitrogens with one attached hydrogen (secondary N) is 1. The number of amides is 1. The summed E-state index contributed by atoms with van der Waals surface area (Å²) in [4.78, 5) is 12.7. The average Bonchev–Trinajstić information content (AvgIpc) is 3.19. The largest absolute Gasteiger partial charge is 0.480 e. The van der Waals surface area contributed by atoms with Gasteiger partial charge in [-0.05, 0) is 49.2 Å². The summed E-state index contributed by atoms with van der Waals surface area (Å²) in [5.41, 5.74) is 0.849. The van der Waals surface area contributed by atoms with Crippen LogP contribution >= 0.6 is 0 Å². The summed E-state index contributed by atoms with van der Waals surface area (Å²) in [6.07, 6.45) is -0.242. The van der Waals surface area contributed by atoms with Crippen molar-refractivity contribution in [2.24, 2.45) is 0 Å². The Balaban J connectivity index is 1.44. The van der Waals surface area contributed by atoms with Crippen LogP contribution in [0, 0.1) is 5.82 Å². The van der Waals surface area contributed by atoms with Crippen molar-refractivity contribution < 1.29 is 31.1 Å². The van der Waals surface area contributed by atoms with Crippen LogP contribution in [-0.2, 0) is 21.1 Å². The first-order valence-corrected chi connectivity index (χ1v) is 12.0. The average molecular weight is 494 g/mol. The maximum atomic E-state index is 13.2. The van der Waals surface area contributed by atoms with E-state index in [1.165, 1.54) is 48.2 Å². The lowest BCUT2D eigenvalue weighted by molar-refractivity contribution is -0.121. The van der Waals surface area contributed by atoms with Crippen LogP contribution in [0.3, 0.4) is 0 Å².